The molecule has 50 heavy (non-hydrogen) atoms. The second-order valence-electron chi connectivity index (χ2n) is 15.0. The Kier molecular flexibility index (Phi) is 37.5. The number of aliphatic hydroxyl groups is 1. The number of carbonyl (C=O) groups excluding carboxylic acids is 1. The minimum atomic E-state index is -4.68. The molecule has 0 aromatic rings. The SMILES string of the molecule is CCCCCCCC/C=C/CCCCCCCCCCCCCCCC(=O)N[C@@H](COP(=O)(O)O)[C@H](O)CCCCCCCCCCCCC. The van der Waals surface area contributed by atoms with Gasteiger partial charge in [-0.2, -0.15) is 0 Å². The smallest absolute Gasteiger partial charge is 0.391 e. The zero-order chi connectivity index (χ0) is 36.8. The Labute approximate surface area is 310 Å². The third-order valence-electron chi connectivity index (χ3n) is 10.0. The summed E-state index contributed by atoms with van der Waals surface area (Å²) in [6.07, 6.45) is 44.9. The zero-order valence-corrected chi connectivity index (χ0v) is 34.0. The summed E-state index contributed by atoms with van der Waals surface area (Å²) in [5.41, 5.74) is 0. The standard InChI is InChI=1S/C42H84NO6P/c1-3-5-7-9-11-13-15-16-17-18-19-20-21-22-23-24-25-26-28-30-32-34-36-38-42(45)43-40(39-49-50(46,47)48)41(44)37-35-33-31-29-27-14-12-10-8-6-4-2/h16-17,40-41,44H,3-15,18-39H2,1-2H3,(H,43,45)(H2,46,47,48)/b17-16+/t40-,41+/m0/s1. The highest BCUT2D eigenvalue weighted by molar-refractivity contribution is 7.46. The van der Waals surface area contributed by atoms with Crippen molar-refractivity contribution in [1.82, 2.24) is 5.32 Å². The molecule has 0 aliphatic rings. The summed E-state index contributed by atoms with van der Waals surface area (Å²) in [5.74, 6) is -0.192. The average Bonchev–Trinajstić information content (AvgIpc) is 3.08. The van der Waals surface area contributed by atoms with Gasteiger partial charge in [-0.1, -0.05) is 199 Å². The molecule has 298 valence electrons. The van der Waals surface area contributed by atoms with Crippen LogP contribution in [-0.4, -0.2) is 39.6 Å². The van der Waals surface area contributed by atoms with Crippen LogP contribution in [0.3, 0.4) is 0 Å². The molecule has 0 fully saturated rings. The fraction of sp³-hybridized carbons (Fsp3) is 0.929. The molecule has 4 N–H and O–H groups in total. The van der Waals surface area contributed by atoms with Gasteiger partial charge in [0.1, 0.15) is 0 Å². The third kappa shape index (κ3) is 38.5. The number of unbranched alkanes of at least 4 members (excludes halogenated alkanes) is 29. The summed E-state index contributed by atoms with van der Waals surface area (Å²) in [4.78, 5) is 30.9. The number of phosphoric ester groups is 1. The lowest BCUT2D eigenvalue weighted by atomic mass is 10.0. The van der Waals surface area contributed by atoms with Crippen LogP contribution in [0.15, 0.2) is 12.2 Å². The molecule has 0 radical (unpaired) electrons. The van der Waals surface area contributed by atoms with Gasteiger partial charge in [-0.25, -0.2) is 4.57 Å². The van der Waals surface area contributed by atoms with Crippen LogP contribution in [0.4, 0.5) is 0 Å². The molecule has 0 bridgehead atoms. The lowest BCUT2D eigenvalue weighted by Crippen LogP contribution is -2.46. The van der Waals surface area contributed by atoms with Crippen molar-refractivity contribution in [2.75, 3.05) is 6.61 Å². The van der Waals surface area contributed by atoms with Crippen molar-refractivity contribution >= 4 is 13.7 Å². The Hall–Kier alpha value is -0.720. The average molecular weight is 730 g/mol. The molecule has 0 aliphatic heterocycles. The van der Waals surface area contributed by atoms with Crippen molar-refractivity contribution in [3.05, 3.63) is 12.2 Å². The molecule has 1 amide bonds. The summed E-state index contributed by atoms with van der Waals surface area (Å²) < 4.78 is 15.9. The summed E-state index contributed by atoms with van der Waals surface area (Å²) >= 11 is 0. The Morgan fingerprint density at radius 1 is 0.560 bits per heavy atom. The summed E-state index contributed by atoms with van der Waals surface area (Å²) in [5, 5.41) is 13.5. The maximum atomic E-state index is 12.6. The molecule has 0 aliphatic carbocycles. The molecule has 0 saturated carbocycles. The van der Waals surface area contributed by atoms with E-state index < -0.39 is 26.6 Å². The van der Waals surface area contributed by atoms with E-state index >= 15 is 0 Å². The quantitative estimate of drug-likeness (QED) is 0.0283. The van der Waals surface area contributed by atoms with Crippen molar-refractivity contribution in [3.8, 4) is 0 Å². The van der Waals surface area contributed by atoms with Gasteiger partial charge in [-0.15, -0.1) is 0 Å². The van der Waals surface area contributed by atoms with Crippen LogP contribution < -0.4 is 5.32 Å². The van der Waals surface area contributed by atoms with Gasteiger partial charge >= 0.3 is 7.82 Å². The van der Waals surface area contributed by atoms with Crippen molar-refractivity contribution in [2.45, 2.75) is 244 Å². The van der Waals surface area contributed by atoms with Gasteiger partial charge in [-0.05, 0) is 38.5 Å². The van der Waals surface area contributed by atoms with Gasteiger partial charge < -0.3 is 20.2 Å². The molecule has 0 spiro atoms. The number of aliphatic hydroxyl groups excluding tert-OH is 1. The Morgan fingerprint density at radius 3 is 1.28 bits per heavy atom. The van der Waals surface area contributed by atoms with E-state index in [4.69, 9.17) is 9.79 Å². The maximum absolute atomic E-state index is 12.6. The van der Waals surface area contributed by atoms with Crippen LogP contribution in [-0.2, 0) is 13.9 Å². The van der Waals surface area contributed by atoms with Crippen LogP contribution in [0, 0.1) is 0 Å². The molecule has 0 heterocycles. The first-order valence-electron chi connectivity index (χ1n) is 21.6. The van der Waals surface area contributed by atoms with Gasteiger partial charge in [0, 0.05) is 6.42 Å². The van der Waals surface area contributed by atoms with E-state index in [1.807, 2.05) is 0 Å². The predicted molar refractivity (Wildman–Crippen MR) is 213 cm³/mol. The number of phosphoric acid groups is 1. The lowest BCUT2D eigenvalue weighted by Gasteiger charge is -2.24. The van der Waals surface area contributed by atoms with Gasteiger partial charge in [0.25, 0.3) is 0 Å². The minimum absolute atomic E-state index is 0.192. The first-order chi connectivity index (χ1) is 24.3. The number of carbonyl (C=O) groups is 1. The van der Waals surface area contributed by atoms with Gasteiger partial charge in [-0.3, -0.25) is 9.32 Å². The molecular weight excluding hydrogens is 645 g/mol. The second-order valence-corrected chi connectivity index (χ2v) is 16.3. The molecule has 0 rings (SSSR count). The highest BCUT2D eigenvalue weighted by Gasteiger charge is 2.25. The van der Waals surface area contributed by atoms with Crippen LogP contribution in [0.2, 0.25) is 0 Å². The number of allylic oxidation sites excluding steroid dienone is 2. The van der Waals surface area contributed by atoms with E-state index in [9.17, 15) is 14.5 Å². The van der Waals surface area contributed by atoms with Crippen molar-refractivity contribution in [3.63, 3.8) is 0 Å². The second kappa shape index (κ2) is 38.0. The van der Waals surface area contributed by atoms with Gasteiger partial charge in [0.05, 0.1) is 18.8 Å². The number of rotatable bonds is 40. The number of hydrogen-bond acceptors (Lipinski definition) is 4. The van der Waals surface area contributed by atoms with Gasteiger partial charge in [0.15, 0.2) is 0 Å². The normalized spacial score (nSPS) is 13.3. The first kappa shape index (κ1) is 49.3. The highest BCUT2D eigenvalue weighted by Crippen LogP contribution is 2.36. The first-order valence-corrected chi connectivity index (χ1v) is 23.2. The molecular formula is C42H84NO6P. The van der Waals surface area contributed by atoms with Crippen LogP contribution in [0.5, 0.6) is 0 Å². The van der Waals surface area contributed by atoms with E-state index in [-0.39, 0.29) is 5.91 Å². The van der Waals surface area contributed by atoms with Crippen LogP contribution in [0.25, 0.3) is 0 Å². The van der Waals surface area contributed by atoms with Gasteiger partial charge in [0.2, 0.25) is 5.91 Å². The molecule has 0 unspecified atom stereocenters. The molecule has 0 aromatic carbocycles. The maximum Gasteiger partial charge on any atom is 0.469 e. The largest absolute Gasteiger partial charge is 0.469 e. The fourth-order valence-corrected chi connectivity index (χ4v) is 7.05. The van der Waals surface area contributed by atoms with Crippen molar-refractivity contribution < 1.29 is 28.8 Å². The number of nitrogens with one attached hydrogen (secondary N) is 1. The monoisotopic (exact) mass is 730 g/mol. The summed E-state index contributed by atoms with van der Waals surface area (Å²) in [6, 6.07) is -0.820. The molecule has 7 nitrogen and oxygen atoms in total. The fourth-order valence-electron chi connectivity index (χ4n) is 6.69. The number of amides is 1. The predicted octanol–water partition coefficient (Wildman–Crippen LogP) is 12.8. The van der Waals surface area contributed by atoms with E-state index in [0.29, 0.717) is 12.8 Å². The Morgan fingerprint density at radius 2 is 0.900 bits per heavy atom. The molecule has 2 atom stereocenters. The topological polar surface area (TPSA) is 116 Å². The zero-order valence-electron chi connectivity index (χ0n) is 33.1. The van der Waals surface area contributed by atoms with Crippen molar-refractivity contribution in [1.29, 1.82) is 0 Å². The van der Waals surface area contributed by atoms with Crippen LogP contribution in [0.1, 0.15) is 232 Å². The van der Waals surface area contributed by atoms with E-state index in [1.165, 1.54) is 167 Å². The summed E-state index contributed by atoms with van der Waals surface area (Å²) in [6.45, 7) is 4.12. The Balaban J connectivity index is 3.79. The van der Waals surface area contributed by atoms with E-state index in [0.717, 1.165) is 38.5 Å². The van der Waals surface area contributed by atoms with Crippen molar-refractivity contribution in [2.24, 2.45) is 0 Å². The third-order valence-corrected chi connectivity index (χ3v) is 10.5. The lowest BCUT2D eigenvalue weighted by molar-refractivity contribution is -0.123. The minimum Gasteiger partial charge on any atom is -0.391 e. The molecule has 0 aromatic heterocycles. The number of hydrogen-bond donors (Lipinski definition) is 4. The molecule has 8 heteroatoms. The van der Waals surface area contributed by atoms with Crippen LogP contribution >= 0.6 is 7.82 Å². The Bertz CT molecular complexity index is 788. The highest BCUT2D eigenvalue weighted by atomic mass is 31.2. The van der Waals surface area contributed by atoms with E-state index in [1.54, 1.807) is 0 Å². The molecule has 0 saturated heterocycles. The van der Waals surface area contributed by atoms with E-state index in [2.05, 4.69) is 35.8 Å². The summed E-state index contributed by atoms with van der Waals surface area (Å²) in [7, 11) is -4.68.